The minimum atomic E-state index is 0.164. The molecule has 20 heavy (non-hydrogen) atoms. The van der Waals surface area contributed by atoms with Crippen LogP contribution in [0.25, 0.3) is 22.2 Å². The van der Waals surface area contributed by atoms with E-state index < -0.39 is 0 Å². The van der Waals surface area contributed by atoms with Gasteiger partial charge in [0.25, 0.3) is 0 Å². The summed E-state index contributed by atoms with van der Waals surface area (Å²) < 4.78 is 5.28. The van der Waals surface area contributed by atoms with Crippen molar-refractivity contribution in [3.63, 3.8) is 0 Å². The highest BCUT2D eigenvalue weighted by Gasteiger charge is 2.07. The number of aliphatic hydroxyl groups excluding tert-OH is 1. The van der Waals surface area contributed by atoms with Crippen LogP contribution in [0.5, 0.6) is 0 Å². The fourth-order valence-electron chi connectivity index (χ4n) is 2.21. The molecule has 1 N–H and O–H groups in total. The van der Waals surface area contributed by atoms with Gasteiger partial charge >= 0.3 is 0 Å². The van der Waals surface area contributed by atoms with Crippen LogP contribution in [-0.2, 0) is 6.42 Å². The van der Waals surface area contributed by atoms with Gasteiger partial charge in [0, 0.05) is 35.7 Å². The SMILES string of the molecule is Cc1ccc2cc(-c3cc(CCCO)on3)ccc2n1. The van der Waals surface area contributed by atoms with Crippen molar-refractivity contribution in [2.24, 2.45) is 0 Å². The molecule has 0 amide bonds. The normalized spacial score (nSPS) is 11.1. The molecule has 3 rings (SSSR count). The Hall–Kier alpha value is -2.20. The van der Waals surface area contributed by atoms with Gasteiger partial charge in [-0.3, -0.25) is 4.98 Å². The molecule has 102 valence electrons. The molecule has 0 saturated carbocycles. The van der Waals surface area contributed by atoms with Crippen LogP contribution < -0.4 is 0 Å². The first-order chi connectivity index (χ1) is 9.76. The van der Waals surface area contributed by atoms with E-state index in [1.54, 1.807) is 0 Å². The second-order valence-electron chi connectivity index (χ2n) is 4.87. The second-order valence-corrected chi connectivity index (χ2v) is 4.87. The molecule has 2 heterocycles. The Morgan fingerprint density at radius 2 is 2.05 bits per heavy atom. The lowest BCUT2D eigenvalue weighted by atomic mass is 10.1. The van der Waals surface area contributed by atoms with Crippen LogP contribution in [0.3, 0.4) is 0 Å². The quantitative estimate of drug-likeness (QED) is 0.789. The van der Waals surface area contributed by atoms with Gasteiger partial charge < -0.3 is 9.63 Å². The Morgan fingerprint density at radius 3 is 2.90 bits per heavy atom. The molecule has 0 aliphatic heterocycles. The maximum Gasteiger partial charge on any atom is 0.137 e. The van der Waals surface area contributed by atoms with Gasteiger partial charge in [0.15, 0.2) is 0 Å². The van der Waals surface area contributed by atoms with E-state index in [1.165, 1.54) is 0 Å². The third kappa shape index (κ3) is 2.56. The van der Waals surface area contributed by atoms with Crippen LogP contribution >= 0.6 is 0 Å². The Balaban J connectivity index is 1.93. The summed E-state index contributed by atoms with van der Waals surface area (Å²) in [6.45, 7) is 2.15. The summed E-state index contributed by atoms with van der Waals surface area (Å²) in [4.78, 5) is 4.48. The Bertz CT molecular complexity index is 734. The van der Waals surface area contributed by atoms with Crippen molar-refractivity contribution in [2.45, 2.75) is 19.8 Å². The predicted molar refractivity (Wildman–Crippen MR) is 77.4 cm³/mol. The van der Waals surface area contributed by atoms with Crippen molar-refractivity contribution < 1.29 is 9.63 Å². The molecule has 0 spiro atoms. The molecule has 0 bridgehead atoms. The largest absolute Gasteiger partial charge is 0.396 e. The number of hydrogen-bond donors (Lipinski definition) is 1. The van der Waals surface area contributed by atoms with Crippen molar-refractivity contribution in [2.75, 3.05) is 6.61 Å². The number of fused-ring (bicyclic) bond motifs is 1. The lowest BCUT2D eigenvalue weighted by Gasteiger charge is -2.01. The molecule has 3 aromatic rings. The number of rotatable bonds is 4. The number of aromatic nitrogens is 2. The number of nitrogens with zero attached hydrogens (tertiary/aromatic N) is 2. The highest BCUT2D eigenvalue weighted by atomic mass is 16.5. The molecule has 0 aliphatic carbocycles. The van der Waals surface area contributed by atoms with Gasteiger partial charge in [0.1, 0.15) is 11.5 Å². The van der Waals surface area contributed by atoms with E-state index in [0.29, 0.717) is 12.8 Å². The predicted octanol–water partition coefficient (Wildman–Crippen LogP) is 3.12. The highest BCUT2D eigenvalue weighted by molar-refractivity contribution is 5.83. The van der Waals surface area contributed by atoms with Crippen LogP contribution in [0.4, 0.5) is 0 Å². The first-order valence-electron chi connectivity index (χ1n) is 6.70. The van der Waals surface area contributed by atoms with E-state index in [4.69, 9.17) is 9.63 Å². The van der Waals surface area contributed by atoms with Gasteiger partial charge in [0.2, 0.25) is 0 Å². The lowest BCUT2D eigenvalue weighted by molar-refractivity contribution is 0.280. The summed E-state index contributed by atoms with van der Waals surface area (Å²) in [5, 5.41) is 14.0. The number of pyridine rings is 1. The van der Waals surface area contributed by atoms with Gasteiger partial charge in [-0.05, 0) is 31.5 Å². The first-order valence-corrected chi connectivity index (χ1v) is 6.70. The van der Waals surface area contributed by atoms with Gasteiger partial charge in [0.05, 0.1) is 5.52 Å². The number of benzene rings is 1. The third-order valence-electron chi connectivity index (χ3n) is 3.26. The van der Waals surface area contributed by atoms with Gasteiger partial charge in [-0.2, -0.15) is 0 Å². The third-order valence-corrected chi connectivity index (χ3v) is 3.26. The summed E-state index contributed by atoms with van der Waals surface area (Å²) in [5.74, 6) is 0.802. The molecule has 0 atom stereocenters. The molecule has 0 aliphatic rings. The zero-order valence-electron chi connectivity index (χ0n) is 11.3. The average Bonchev–Trinajstić information content (AvgIpc) is 2.93. The van der Waals surface area contributed by atoms with Crippen molar-refractivity contribution in [3.8, 4) is 11.3 Å². The maximum absolute atomic E-state index is 8.82. The molecule has 2 aromatic heterocycles. The van der Waals surface area contributed by atoms with Crippen molar-refractivity contribution in [1.82, 2.24) is 10.1 Å². The van der Waals surface area contributed by atoms with Crippen LogP contribution in [0.15, 0.2) is 40.9 Å². The molecule has 0 fully saturated rings. The second kappa shape index (κ2) is 5.43. The topological polar surface area (TPSA) is 59.2 Å². The smallest absolute Gasteiger partial charge is 0.137 e. The first kappa shape index (κ1) is 12.8. The summed E-state index contributed by atoms with van der Waals surface area (Å²) >= 11 is 0. The summed E-state index contributed by atoms with van der Waals surface area (Å²) in [6.07, 6.45) is 1.40. The standard InChI is InChI=1S/C16H16N2O2/c1-11-4-5-12-9-13(6-7-15(12)17-11)16-10-14(20-18-16)3-2-8-19/h4-7,9-10,19H,2-3,8H2,1H3. The lowest BCUT2D eigenvalue weighted by Crippen LogP contribution is -1.86. The summed E-state index contributed by atoms with van der Waals surface area (Å²) in [6, 6.07) is 12.1. The number of hydrogen-bond acceptors (Lipinski definition) is 4. The minimum Gasteiger partial charge on any atom is -0.396 e. The van der Waals surface area contributed by atoms with Crippen LogP contribution in [0.1, 0.15) is 17.9 Å². The van der Waals surface area contributed by atoms with Crippen LogP contribution in [-0.4, -0.2) is 21.9 Å². The minimum absolute atomic E-state index is 0.164. The molecular weight excluding hydrogens is 252 g/mol. The van der Waals surface area contributed by atoms with Gasteiger partial charge in [-0.1, -0.05) is 17.3 Å². The summed E-state index contributed by atoms with van der Waals surface area (Å²) in [5.41, 5.74) is 3.83. The van der Waals surface area contributed by atoms with E-state index in [2.05, 4.69) is 22.3 Å². The molecule has 0 radical (unpaired) electrons. The Morgan fingerprint density at radius 1 is 1.15 bits per heavy atom. The van der Waals surface area contributed by atoms with Gasteiger partial charge in [-0.25, -0.2) is 0 Å². The Labute approximate surface area is 117 Å². The monoisotopic (exact) mass is 268 g/mol. The fourth-order valence-corrected chi connectivity index (χ4v) is 2.21. The number of aliphatic hydroxyl groups is 1. The van der Waals surface area contributed by atoms with Crippen molar-refractivity contribution in [3.05, 3.63) is 47.9 Å². The van der Waals surface area contributed by atoms with Crippen molar-refractivity contribution in [1.29, 1.82) is 0 Å². The molecule has 1 aromatic carbocycles. The molecular formula is C16H16N2O2. The average molecular weight is 268 g/mol. The van der Waals surface area contributed by atoms with Crippen LogP contribution in [0, 0.1) is 6.92 Å². The zero-order valence-corrected chi connectivity index (χ0v) is 11.3. The van der Waals surface area contributed by atoms with E-state index in [-0.39, 0.29) is 6.61 Å². The number of aryl methyl sites for hydroxylation is 2. The highest BCUT2D eigenvalue weighted by Crippen LogP contribution is 2.24. The Kier molecular flexibility index (Phi) is 3.48. The molecule has 0 saturated heterocycles. The van der Waals surface area contributed by atoms with Crippen LogP contribution in [0.2, 0.25) is 0 Å². The van der Waals surface area contributed by atoms with E-state index in [1.807, 2.05) is 31.2 Å². The maximum atomic E-state index is 8.82. The molecule has 0 unspecified atom stereocenters. The summed E-state index contributed by atoms with van der Waals surface area (Å²) in [7, 11) is 0. The van der Waals surface area contributed by atoms with E-state index in [9.17, 15) is 0 Å². The van der Waals surface area contributed by atoms with Crippen molar-refractivity contribution >= 4 is 10.9 Å². The molecule has 4 nitrogen and oxygen atoms in total. The van der Waals surface area contributed by atoms with E-state index in [0.717, 1.165) is 33.6 Å². The van der Waals surface area contributed by atoms with E-state index >= 15 is 0 Å². The molecule has 4 heteroatoms. The van der Waals surface area contributed by atoms with Gasteiger partial charge in [-0.15, -0.1) is 0 Å². The fraction of sp³-hybridized carbons (Fsp3) is 0.250. The zero-order chi connectivity index (χ0) is 13.9.